The third-order valence-electron chi connectivity index (χ3n) is 3.08. The lowest BCUT2D eigenvalue weighted by molar-refractivity contribution is -0.122. The van der Waals surface area contributed by atoms with Crippen molar-refractivity contribution >= 4 is 23.2 Å². The van der Waals surface area contributed by atoms with Gasteiger partial charge in [-0.05, 0) is 38.1 Å². The second-order valence-electron chi connectivity index (χ2n) is 4.32. The van der Waals surface area contributed by atoms with Crippen LogP contribution in [0.5, 0.6) is 5.75 Å². The average Bonchev–Trinajstić information content (AvgIpc) is 2.37. The van der Waals surface area contributed by atoms with E-state index in [0.717, 1.165) is 17.7 Å². The Morgan fingerprint density at radius 3 is 3.00 bits per heavy atom. The first-order valence-electron chi connectivity index (χ1n) is 6.00. The minimum absolute atomic E-state index is 0.113. The zero-order chi connectivity index (χ0) is 13.1. The number of ether oxygens (including phenoxy) is 1. The van der Waals surface area contributed by atoms with Gasteiger partial charge in [-0.25, -0.2) is 0 Å². The maximum atomic E-state index is 11.6. The first-order valence-corrected chi connectivity index (χ1v) is 6.54. The van der Waals surface area contributed by atoms with Crippen molar-refractivity contribution in [1.29, 1.82) is 0 Å². The van der Waals surface area contributed by atoms with E-state index in [0.29, 0.717) is 11.6 Å². The van der Waals surface area contributed by atoms with Gasteiger partial charge < -0.3 is 15.4 Å². The summed E-state index contributed by atoms with van der Waals surface area (Å²) < 4.78 is 5.51. The zero-order valence-electron chi connectivity index (χ0n) is 10.5. The van der Waals surface area contributed by atoms with E-state index >= 15 is 0 Å². The van der Waals surface area contributed by atoms with Gasteiger partial charge in [0.2, 0.25) is 0 Å². The summed E-state index contributed by atoms with van der Waals surface area (Å²) in [7, 11) is 1.90. The number of fused-ring (bicyclic) bond motifs is 1. The molecule has 1 aliphatic heterocycles. The Labute approximate surface area is 112 Å². The van der Waals surface area contributed by atoms with Crippen LogP contribution in [0.15, 0.2) is 18.2 Å². The summed E-state index contributed by atoms with van der Waals surface area (Å²) in [4.78, 5) is 11.6. The van der Waals surface area contributed by atoms with Gasteiger partial charge in [0.1, 0.15) is 5.75 Å². The minimum Gasteiger partial charge on any atom is -0.479 e. The van der Waals surface area contributed by atoms with Crippen LogP contribution in [-0.4, -0.2) is 24.9 Å². The van der Waals surface area contributed by atoms with Gasteiger partial charge in [0.15, 0.2) is 6.10 Å². The standard InChI is InChI=1S/C13H17ClN2O2/c1-8-13(17)16-11-7-9(3-4-12(11)18-8)10(15-2)5-6-14/h3-4,7-8,10,15H,5-6H2,1-2H3,(H,16,17). The first kappa shape index (κ1) is 13.2. The van der Waals surface area contributed by atoms with E-state index in [1.807, 2.05) is 25.2 Å². The number of carbonyl (C=O) groups excluding carboxylic acids is 1. The highest BCUT2D eigenvalue weighted by Gasteiger charge is 2.24. The Bertz CT molecular complexity index is 451. The van der Waals surface area contributed by atoms with Crippen LogP contribution in [-0.2, 0) is 4.79 Å². The van der Waals surface area contributed by atoms with Gasteiger partial charge >= 0.3 is 0 Å². The normalized spacial score (nSPS) is 19.7. The van der Waals surface area contributed by atoms with Crippen LogP contribution < -0.4 is 15.4 Å². The van der Waals surface area contributed by atoms with Crippen molar-refractivity contribution in [2.24, 2.45) is 0 Å². The molecule has 2 atom stereocenters. The molecule has 2 N–H and O–H groups in total. The highest BCUT2D eigenvalue weighted by molar-refractivity contribution is 6.17. The molecule has 0 radical (unpaired) electrons. The average molecular weight is 269 g/mol. The number of hydrogen-bond donors (Lipinski definition) is 2. The SMILES string of the molecule is CNC(CCCl)c1ccc2c(c1)NC(=O)C(C)O2. The van der Waals surface area contributed by atoms with Gasteiger partial charge in [0.25, 0.3) is 5.91 Å². The number of alkyl halides is 1. The molecule has 4 nitrogen and oxygen atoms in total. The monoisotopic (exact) mass is 268 g/mol. The van der Waals surface area contributed by atoms with Gasteiger partial charge in [-0.15, -0.1) is 11.6 Å². The van der Waals surface area contributed by atoms with E-state index in [1.54, 1.807) is 6.92 Å². The van der Waals surface area contributed by atoms with E-state index in [9.17, 15) is 4.79 Å². The molecule has 0 saturated carbocycles. The molecule has 1 aromatic carbocycles. The highest BCUT2D eigenvalue weighted by atomic mass is 35.5. The Balaban J connectivity index is 2.26. The summed E-state index contributed by atoms with van der Waals surface area (Å²) in [6.45, 7) is 1.73. The molecule has 1 aromatic rings. The van der Waals surface area contributed by atoms with Crippen molar-refractivity contribution in [3.63, 3.8) is 0 Å². The predicted octanol–water partition coefficient (Wildman–Crippen LogP) is 2.30. The molecular formula is C13H17ClN2O2. The molecule has 5 heteroatoms. The summed E-state index contributed by atoms with van der Waals surface area (Å²) in [5.74, 6) is 1.19. The second kappa shape index (κ2) is 5.59. The molecule has 0 spiro atoms. The van der Waals surface area contributed by atoms with Crippen LogP contribution in [0.1, 0.15) is 24.9 Å². The molecule has 0 fully saturated rings. The molecule has 0 saturated heterocycles. The Kier molecular flexibility index (Phi) is 4.09. The number of amides is 1. The summed E-state index contributed by atoms with van der Waals surface area (Å²) in [5, 5.41) is 6.05. The highest BCUT2D eigenvalue weighted by Crippen LogP contribution is 2.32. The molecule has 1 amide bonds. The number of benzene rings is 1. The molecule has 1 heterocycles. The van der Waals surface area contributed by atoms with E-state index < -0.39 is 6.10 Å². The second-order valence-corrected chi connectivity index (χ2v) is 4.70. The molecule has 18 heavy (non-hydrogen) atoms. The number of anilines is 1. The van der Waals surface area contributed by atoms with Gasteiger partial charge in [0.05, 0.1) is 5.69 Å². The van der Waals surface area contributed by atoms with Gasteiger partial charge in [-0.2, -0.15) is 0 Å². The summed E-state index contributed by atoms with van der Waals surface area (Å²) in [5.41, 5.74) is 1.82. The van der Waals surface area contributed by atoms with Crippen LogP contribution in [0.25, 0.3) is 0 Å². The lowest BCUT2D eigenvalue weighted by Gasteiger charge is -2.25. The van der Waals surface area contributed by atoms with Crippen molar-refractivity contribution in [2.45, 2.75) is 25.5 Å². The number of carbonyl (C=O) groups is 1. The number of hydrogen-bond acceptors (Lipinski definition) is 3. The van der Waals surface area contributed by atoms with Gasteiger partial charge in [-0.3, -0.25) is 4.79 Å². The van der Waals surface area contributed by atoms with E-state index in [-0.39, 0.29) is 11.9 Å². The lowest BCUT2D eigenvalue weighted by atomic mass is 10.0. The molecule has 0 bridgehead atoms. The third kappa shape index (κ3) is 2.60. The Morgan fingerprint density at radius 1 is 1.56 bits per heavy atom. The van der Waals surface area contributed by atoms with E-state index in [4.69, 9.17) is 16.3 Å². The predicted molar refractivity (Wildman–Crippen MR) is 72.3 cm³/mol. The largest absolute Gasteiger partial charge is 0.479 e. The number of nitrogens with one attached hydrogen (secondary N) is 2. The van der Waals surface area contributed by atoms with Crippen LogP contribution >= 0.6 is 11.6 Å². The molecule has 0 aliphatic carbocycles. The van der Waals surface area contributed by atoms with Crippen molar-refractivity contribution in [1.82, 2.24) is 5.32 Å². The van der Waals surface area contributed by atoms with Crippen molar-refractivity contribution in [2.75, 3.05) is 18.2 Å². The fourth-order valence-electron chi connectivity index (χ4n) is 2.03. The fourth-order valence-corrected chi connectivity index (χ4v) is 2.25. The molecule has 0 aromatic heterocycles. The Hall–Kier alpha value is -1.26. The number of halogens is 1. The molecule has 98 valence electrons. The summed E-state index contributed by atoms with van der Waals surface area (Å²) >= 11 is 5.78. The van der Waals surface area contributed by atoms with Crippen molar-refractivity contribution in [3.8, 4) is 5.75 Å². The van der Waals surface area contributed by atoms with Crippen molar-refractivity contribution < 1.29 is 9.53 Å². The van der Waals surface area contributed by atoms with Crippen molar-refractivity contribution in [3.05, 3.63) is 23.8 Å². The summed E-state index contributed by atoms with van der Waals surface area (Å²) in [6.07, 6.45) is 0.397. The van der Waals surface area contributed by atoms with E-state index in [2.05, 4.69) is 10.6 Å². The maximum absolute atomic E-state index is 11.6. The van der Waals surface area contributed by atoms with Gasteiger partial charge in [-0.1, -0.05) is 6.07 Å². The molecule has 1 aliphatic rings. The van der Waals surface area contributed by atoms with Crippen LogP contribution in [0, 0.1) is 0 Å². The molecule has 2 rings (SSSR count). The van der Waals surface area contributed by atoms with Crippen LogP contribution in [0.3, 0.4) is 0 Å². The number of rotatable bonds is 4. The zero-order valence-corrected chi connectivity index (χ0v) is 11.3. The smallest absolute Gasteiger partial charge is 0.265 e. The van der Waals surface area contributed by atoms with Gasteiger partial charge in [0, 0.05) is 11.9 Å². The van der Waals surface area contributed by atoms with Crippen LogP contribution in [0.4, 0.5) is 5.69 Å². The lowest BCUT2D eigenvalue weighted by Crippen LogP contribution is -2.34. The maximum Gasteiger partial charge on any atom is 0.265 e. The Morgan fingerprint density at radius 2 is 2.33 bits per heavy atom. The van der Waals surface area contributed by atoms with E-state index in [1.165, 1.54) is 0 Å². The quantitative estimate of drug-likeness (QED) is 0.824. The van der Waals surface area contributed by atoms with Crippen LogP contribution in [0.2, 0.25) is 0 Å². The molecular weight excluding hydrogens is 252 g/mol. The summed E-state index contributed by atoms with van der Waals surface area (Å²) in [6, 6.07) is 6.01. The molecule has 2 unspecified atom stereocenters. The topological polar surface area (TPSA) is 50.4 Å². The third-order valence-corrected chi connectivity index (χ3v) is 3.30. The first-order chi connectivity index (χ1) is 8.65. The fraction of sp³-hybridized carbons (Fsp3) is 0.462. The minimum atomic E-state index is -0.439.